The lowest BCUT2D eigenvalue weighted by Crippen LogP contribution is -2.39. The molecule has 0 spiro atoms. The molecule has 0 aliphatic rings. The molecule has 0 saturated carbocycles. The van der Waals surface area contributed by atoms with Crippen molar-refractivity contribution in [3.05, 3.63) is 23.8 Å². The van der Waals surface area contributed by atoms with Crippen LogP contribution in [0, 0.1) is 0 Å². The van der Waals surface area contributed by atoms with Gasteiger partial charge >= 0.3 is 0 Å². The van der Waals surface area contributed by atoms with Gasteiger partial charge in [-0.3, -0.25) is 9.59 Å². The second-order valence-electron chi connectivity index (χ2n) is 4.66. The molecule has 0 heterocycles. The van der Waals surface area contributed by atoms with Gasteiger partial charge in [-0.15, -0.1) is 0 Å². The summed E-state index contributed by atoms with van der Waals surface area (Å²) in [7, 11) is -3.95. The first kappa shape index (κ1) is 16.9. The molecule has 0 atom stereocenters. The Kier molecular flexibility index (Phi) is 5.28. The van der Waals surface area contributed by atoms with Gasteiger partial charge in [0.25, 0.3) is 0 Å². The number of nitrogens with two attached hydrogens (primary N) is 2. The topological polar surface area (TPSA) is 144 Å². The minimum Gasteiger partial charge on any atom is -0.398 e. The molecule has 0 unspecified atom stereocenters. The summed E-state index contributed by atoms with van der Waals surface area (Å²) in [6.45, 7) is 3.11. The Morgan fingerprint density at radius 3 is 2.38 bits per heavy atom. The number of nitrogen functional groups attached to an aromatic ring is 1. The lowest BCUT2D eigenvalue weighted by molar-refractivity contribution is -0.120. The van der Waals surface area contributed by atoms with E-state index < -0.39 is 28.4 Å². The van der Waals surface area contributed by atoms with Crippen molar-refractivity contribution in [1.82, 2.24) is 10.0 Å². The fraction of sp³-hybridized carbons (Fsp3) is 0.333. The third-order valence-corrected chi connectivity index (χ3v) is 3.93. The van der Waals surface area contributed by atoms with E-state index in [1.54, 1.807) is 13.8 Å². The van der Waals surface area contributed by atoms with Crippen LogP contribution in [0.15, 0.2) is 23.1 Å². The second kappa shape index (κ2) is 6.55. The van der Waals surface area contributed by atoms with Crippen molar-refractivity contribution in [1.29, 1.82) is 0 Å². The maximum Gasteiger partial charge on any atom is 0.248 e. The van der Waals surface area contributed by atoms with Crippen molar-refractivity contribution in [3.63, 3.8) is 0 Å². The highest BCUT2D eigenvalue weighted by atomic mass is 32.2. The Morgan fingerprint density at radius 2 is 1.90 bits per heavy atom. The van der Waals surface area contributed by atoms with Crippen molar-refractivity contribution in [2.75, 3.05) is 12.3 Å². The van der Waals surface area contributed by atoms with Crippen molar-refractivity contribution < 1.29 is 18.0 Å². The zero-order chi connectivity index (χ0) is 16.2. The molecule has 2 amide bonds. The van der Waals surface area contributed by atoms with Gasteiger partial charge in [0.1, 0.15) is 4.90 Å². The molecular weight excluding hydrogens is 296 g/mol. The number of carbonyl (C=O) groups excluding carboxylic acids is 2. The molecule has 116 valence electrons. The van der Waals surface area contributed by atoms with Gasteiger partial charge in [-0.2, -0.15) is 0 Å². The highest BCUT2D eigenvalue weighted by Crippen LogP contribution is 2.19. The first-order valence-electron chi connectivity index (χ1n) is 6.12. The standard InChI is InChI=1S/C12H18N4O4S/c1-7(2)16-11(17)6-15-21(19,20)10-4-3-8(12(14)18)5-9(10)13/h3-5,7,15H,6,13H2,1-2H3,(H2,14,18)(H,16,17). The fourth-order valence-electron chi connectivity index (χ4n) is 1.56. The summed E-state index contributed by atoms with van der Waals surface area (Å²) in [6.07, 6.45) is 0. The summed E-state index contributed by atoms with van der Waals surface area (Å²) in [4.78, 5) is 22.2. The van der Waals surface area contributed by atoms with E-state index in [-0.39, 0.29) is 22.2 Å². The molecule has 1 aromatic rings. The van der Waals surface area contributed by atoms with Gasteiger partial charge in [-0.25, -0.2) is 13.1 Å². The summed E-state index contributed by atoms with van der Waals surface area (Å²) in [5.41, 5.74) is 10.7. The van der Waals surface area contributed by atoms with Crippen molar-refractivity contribution >= 4 is 27.5 Å². The molecule has 0 radical (unpaired) electrons. The van der Waals surface area contributed by atoms with Crippen LogP contribution in [0.1, 0.15) is 24.2 Å². The molecule has 0 fully saturated rings. The molecular formula is C12H18N4O4S. The third kappa shape index (κ3) is 4.72. The summed E-state index contributed by atoms with van der Waals surface area (Å²) in [5, 5.41) is 2.55. The molecule has 0 aromatic heterocycles. The van der Waals surface area contributed by atoms with E-state index in [4.69, 9.17) is 11.5 Å². The van der Waals surface area contributed by atoms with Crippen molar-refractivity contribution in [3.8, 4) is 0 Å². The van der Waals surface area contributed by atoms with Gasteiger partial charge in [0, 0.05) is 11.6 Å². The van der Waals surface area contributed by atoms with Gasteiger partial charge in [-0.05, 0) is 32.0 Å². The molecule has 21 heavy (non-hydrogen) atoms. The molecule has 0 aliphatic carbocycles. The Hall–Kier alpha value is -2.13. The van der Waals surface area contributed by atoms with E-state index in [1.807, 2.05) is 0 Å². The lowest BCUT2D eigenvalue weighted by atomic mass is 10.2. The van der Waals surface area contributed by atoms with Gasteiger partial charge in [0.05, 0.1) is 12.2 Å². The third-order valence-electron chi connectivity index (χ3n) is 2.46. The predicted octanol–water partition coefficient (Wildman–Crippen LogP) is -0.829. The second-order valence-corrected chi connectivity index (χ2v) is 6.40. The van der Waals surface area contributed by atoms with Crippen LogP contribution < -0.4 is 21.5 Å². The smallest absolute Gasteiger partial charge is 0.248 e. The summed E-state index contributed by atoms with van der Waals surface area (Å²) in [6, 6.07) is 3.49. The summed E-state index contributed by atoms with van der Waals surface area (Å²) >= 11 is 0. The Balaban J connectivity index is 2.88. The van der Waals surface area contributed by atoms with E-state index in [1.165, 1.54) is 12.1 Å². The first-order chi connectivity index (χ1) is 9.63. The SMILES string of the molecule is CC(C)NC(=O)CNS(=O)(=O)c1ccc(C(N)=O)cc1N. The average Bonchev–Trinajstić information content (AvgIpc) is 2.35. The van der Waals surface area contributed by atoms with Crippen LogP contribution >= 0.6 is 0 Å². The van der Waals surface area contributed by atoms with E-state index in [0.717, 1.165) is 6.07 Å². The van der Waals surface area contributed by atoms with Crippen LogP contribution in [0.5, 0.6) is 0 Å². The molecule has 1 aromatic carbocycles. The fourth-order valence-corrected chi connectivity index (χ4v) is 2.65. The Morgan fingerprint density at radius 1 is 1.29 bits per heavy atom. The van der Waals surface area contributed by atoms with Crippen molar-refractivity contribution in [2.45, 2.75) is 24.8 Å². The van der Waals surface area contributed by atoms with E-state index in [2.05, 4.69) is 10.0 Å². The average molecular weight is 314 g/mol. The van der Waals surface area contributed by atoms with Gasteiger partial charge in [0.15, 0.2) is 0 Å². The molecule has 0 aliphatic heterocycles. The number of anilines is 1. The number of rotatable bonds is 6. The Bertz CT molecular complexity index is 655. The zero-order valence-electron chi connectivity index (χ0n) is 11.7. The van der Waals surface area contributed by atoms with Crippen LogP contribution in [0.25, 0.3) is 0 Å². The van der Waals surface area contributed by atoms with E-state index >= 15 is 0 Å². The molecule has 9 heteroatoms. The zero-order valence-corrected chi connectivity index (χ0v) is 12.5. The normalized spacial score (nSPS) is 11.4. The van der Waals surface area contributed by atoms with Crippen LogP contribution in [0.2, 0.25) is 0 Å². The first-order valence-corrected chi connectivity index (χ1v) is 7.60. The van der Waals surface area contributed by atoms with E-state index in [9.17, 15) is 18.0 Å². The number of hydrogen-bond donors (Lipinski definition) is 4. The van der Waals surface area contributed by atoms with Crippen LogP contribution in [0.4, 0.5) is 5.69 Å². The van der Waals surface area contributed by atoms with E-state index in [0.29, 0.717) is 0 Å². The van der Waals surface area contributed by atoms with Gasteiger partial charge in [0.2, 0.25) is 21.8 Å². The molecule has 8 nitrogen and oxygen atoms in total. The number of benzene rings is 1. The highest BCUT2D eigenvalue weighted by Gasteiger charge is 2.19. The van der Waals surface area contributed by atoms with Crippen LogP contribution in [0.3, 0.4) is 0 Å². The molecule has 0 saturated heterocycles. The van der Waals surface area contributed by atoms with Crippen molar-refractivity contribution in [2.24, 2.45) is 5.73 Å². The number of hydrogen-bond acceptors (Lipinski definition) is 5. The highest BCUT2D eigenvalue weighted by molar-refractivity contribution is 7.89. The largest absolute Gasteiger partial charge is 0.398 e. The minimum absolute atomic E-state index is 0.0954. The summed E-state index contributed by atoms with van der Waals surface area (Å²) < 4.78 is 26.2. The number of amides is 2. The number of sulfonamides is 1. The number of primary amides is 1. The lowest BCUT2D eigenvalue weighted by Gasteiger charge is -2.11. The monoisotopic (exact) mass is 314 g/mol. The quantitative estimate of drug-likeness (QED) is 0.506. The number of carbonyl (C=O) groups is 2. The maximum absolute atomic E-state index is 12.0. The molecule has 0 bridgehead atoms. The summed E-state index contributed by atoms with van der Waals surface area (Å²) in [5.74, 6) is -1.17. The molecule has 6 N–H and O–H groups in total. The number of nitrogens with one attached hydrogen (secondary N) is 2. The minimum atomic E-state index is -3.95. The molecule has 1 rings (SSSR count). The van der Waals surface area contributed by atoms with Crippen LogP contribution in [-0.4, -0.2) is 32.8 Å². The van der Waals surface area contributed by atoms with Gasteiger partial charge in [-0.1, -0.05) is 0 Å². The maximum atomic E-state index is 12.0. The Labute approximate surface area is 122 Å². The predicted molar refractivity (Wildman–Crippen MR) is 77.8 cm³/mol. The van der Waals surface area contributed by atoms with Gasteiger partial charge < -0.3 is 16.8 Å². The van der Waals surface area contributed by atoms with Crippen LogP contribution in [-0.2, 0) is 14.8 Å².